The van der Waals surface area contributed by atoms with E-state index in [1.54, 1.807) is 0 Å². The summed E-state index contributed by atoms with van der Waals surface area (Å²) in [5.74, 6) is 1.48. The standard InChI is InChI=1S/C12H20ClN3/c1-5-8(3)9(4)16-12-10(6-2)11(13)14-7-15-12/h7-9H,5-6H2,1-4H3,(H,14,15,16). The summed E-state index contributed by atoms with van der Waals surface area (Å²) in [5.41, 5.74) is 0.999. The maximum Gasteiger partial charge on any atom is 0.137 e. The van der Waals surface area contributed by atoms with Gasteiger partial charge in [0.2, 0.25) is 0 Å². The molecule has 2 atom stereocenters. The van der Waals surface area contributed by atoms with E-state index in [4.69, 9.17) is 11.6 Å². The quantitative estimate of drug-likeness (QED) is 0.802. The molecule has 1 heterocycles. The van der Waals surface area contributed by atoms with Gasteiger partial charge in [-0.2, -0.15) is 0 Å². The zero-order valence-corrected chi connectivity index (χ0v) is 11.2. The van der Waals surface area contributed by atoms with Crippen LogP contribution in [0.25, 0.3) is 0 Å². The lowest BCUT2D eigenvalue weighted by molar-refractivity contribution is 0.493. The molecule has 0 bridgehead atoms. The van der Waals surface area contributed by atoms with Gasteiger partial charge in [0.15, 0.2) is 0 Å². The fraction of sp³-hybridized carbons (Fsp3) is 0.667. The lowest BCUT2D eigenvalue weighted by atomic mass is 10.0. The molecule has 0 aromatic carbocycles. The van der Waals surface area contributed by atoms with Gasteiger partial charge in [0.25, 0.3) is 0 Å². The SMILES string of the molecule is CCc1c(Cl)ncnc1NC(C)C(C)CC. The molecule has 0 saturated heterocycles. The van der Waals surface area contributed by atoms with E-state index >= 15 is 0 Å². The number of halogens is 1. The van der Waals surface area contributed by atoms with Gasteiger partial charge in [0.05, 0.1) is 0 Å². The summed E-state index contributed by atoms with van der Waals surface area (Å²) in [5, 5.41) is 3.97. The molecule has 16 heavy (non-hydrogen) atoms. The minimum Gasteiger partial charge on any atom is -0.367 e. The molecule has 1 aromatic heterocycles. The van der Waals surface area contributed by atoms with Crippen LogP contribution in [-0.2, 0) is 6.42 Å². The molecule has 4 heteroatoms. The Morgan fingerprint density at radius 3 is 2.56 bits per heavy atom. The van der Waals surface area contributed by atoms with E-state index in [0.29, 0.717) is 17.1 Å². The van der Waals surface area contributed by atoms with Crippen molar-refractivity contribution in [3.8, 4) is 0 Å². The van der Waals surface area contributed by atoms with Gasteiger partial charge in [0.1, 0.15) is 17.3 Å². The molecule has 3 nitrogen and oxygen atoms in total. The molecule has 0 aliphatic heterocycles. The summed E-state index contributed by atoms with van der Waals surface area (Å²) in [7, 11) is 0. The predicted octanol–water partition coefficient (Wildman–Crippen LogP) is 3.54. The molecule has 90 valence electrons. The average Bonchev–Trinajstić information content (AvgIpc) is 2.28. The third kappa shape index (κ3) is 3.08. The molecule has 1 rings (SSSR count). The van der Waals surface area contributed by atoms with Crippen LogP contribution in [0, 0.1) is 5.92 Å². The molecule has 2 unspecified atom stereocenters. The van der Waals surface area contributed by atoms with Gasteiger partial charge in [-0.1, -0.05) is 38.8 Å². The number of nitrogens with one attached hydrogen (secondary N) is 1. The molecular formula is C12H20ClN3. The molecule has 0 radical (unpaired) electrons. The molecule has 0 fully saturated rings. The van der Waals surface area contributed by atoms with Crippen LogP contribution in [0.3, 0.4) is 0 Å². The Morgan fingerprint density at radius 2 is 2.00 bits per heavy atom. The van der Waals surface area contributed by atoms with Crippen molar-refractivity contribution in [2.24, 2.45) is 5.92 Å². The minimum atomic E-state index is 0.390. The molecule has 0 aliphatic carbocycles. The average molecular weight is 242 g/mol. The highest BCUT2D eigenvalue weighted by Gasteiger charge is 2.14. The highest BCUT2D eigenvalue weighted by atomic mass is 35.5. The van der Waals surface area contributed by atoms with Crippen LogP contribution in [0.4, 0.5) is 5.82 Å². The van der Waals surface area contributed by atoms with Gasteiger partial charge >= 0.3 is 0 Å². The van der Waals surface area contributed by atoms with Crippen molar-refractivity contribution in [3.63, 3.8) is 0 Å². The Labute approximate surface area is 103 Å². The second-order valence-corrected chi connectivity index (χ2v) is 4.52. The van der Waals surface area contributed by atoms with E-state index in [1.165, 1.54) is 6.33 Å². The molecule has 1 aromatic rings. The van der Waals surface area contributed by atoms with Crippen LogP contribution in [0.1, 0.15) is 39.7 Å². The molecule has 0 spiro atoms. The summed E-state index contributed by atoms with van der Waals surface area (Å²) in [4.78, 5) is 8.26. The fourth-order valence-corrected chi connectivity index (χ4v) is 1.81. The summed E-state index contributed by atoms with van der Waals surface area (Å²) in [6.45, 7) is 8.65. The number of hydrogen-bond acceptors (Lipinski definition) is 3. The lowest BCUT2D eigenvalue weighted by Gasteiger charge is -2.21. The summed E-state index contributed by atoms with van der Waals surface area (Å²) < 4.78 is 0. The lowest BCUT2D eigenvalue weighted by Crippen LogP contribution is -2.24. The maximum atomic E-state index is 6.04. The predicted molar refractivity (Wildman–Crippen MR) is 69.0 cm³/mol. The second kappa shape index (κ2) is 6.04. The molecule has 0 amide bonds. The van der Waals surface area contributed by atoms with Crippen molar-refractivity contribution >= 4 is 17.4 Å². The first-order chi connectivity index (χ1) is 7.60. The zero-order valence-electron chi connectivity index (χ0n) is 10.4. The van der Waals surface area contributed by atoms with Crippen LogP contribution >= 0.6 is 11.6 Å². The molecule has 1 N–H and O–H groups in total. The summed E-state index contributed by atoms with van der Waals surface area (Å²) >= 11 is 6.04. The fourth-order valence-electron chi connectivity index (χ4n) is 1.54. The van der Waals surface area contributed by atoms with Crippen molar-refractivity contribution in [2.45, 2.75) is 46.6 Å². The molecule has 0 saturated carbocycles. The molecule has 0 aliphatic rings. The summed E-state index contributed by atoms with van der Waals surface area (Å²) in [6.07, 6.45) is 3.50. The van der Waals surface area contributed by atoms with Crippen LogP contribution in [0.2, 0.25) is 5.15 Å². The van der Waals surface area contributed by atoms with Crippen LogP contribution in [-0.4, -0.2) is 16.0 Å². The number of rotatable bonds is 5. The van der Waals surface area contributed by atoms with Crippen molar-refractivity contribution in [2.75, 3.05) is 5.32 Å². The zero-order chi connectivity index (χ0) is 12.1. The Kier molecular flexibility index (Phi) is 5.00. The number of hydrogen-bond donors (Lipinski definition) is 1. The molecular weight excluding hydrogens is 222 g/mol. The van der Waals surface area contributed by atoms with E-state index in [1.807, 2.05) is 0 Å². The number of aromatic nitrogens is 2. The maximum absolute atomic E-state index is 6.04. The van der Waals surface area contributed by atoms with Gasteiger partial charge < -0.3 is 5.32 Å². The smallest absolute Gasteiger partial charge is 0.137 e. The monoisotopic (exact) mass is 241 g/mol. The van der Waals surface area contributed by atoms with Crippen LogP contribution < -0.4 is 5.32 Å². The highest BCUT2D eigenvalue weighted by Crippen LogP contribution is 2.22. The Hall–Kier alpha value is -0.830. The van der Waals surface area contributed by atoms with Gasteiger partial charge in [-0.15, -0.1) is 0 Å². The van der Waals surface area contributed by atoms with E-state index in [-0.39, 0.29) is 0 Å². The van der Waals surface area contributed by atoms with Crippen LogP contribution in [0.15, 0.2) is 6.33 Å². The Morgan fingerprint density at radius 1 is 1.31 bits per heavy atom. The van der Waals surface area contributed by atoms with Gasteiger partial charge in [-0.3, -0.25) is 0 Å². The topological polar surface area (TPSA) is 37.8 Å². The van der Waals surface area contributed by atoms with Gasteiger partial charge in [-0.05, 0) is 19.3 Å². The summed E-state index contributed by atoms with van der Waals surface area (Å²) in [6, 6.07) is 0.390. The van der Waals surface area contributed by atoms with Crippen molar-refractivity contribution < 1.29 is 0 Å². The van der Waals surface area contributed by atoms with E-state index < -0.39 is 0 Å². The number of nitrogens with zero attached hydrogens (tertiary/aromatic N) is 2. The van der Waals surface area contributed by atoms with E-state index in [0.717, 1.165) is 24.2 Å². The first kappa shape index (κ1) is 13.2. The first-order valence-electron chi connectivity index (χ1n) is 5.86. The minimum absolute atomic E-state index is 0.390. The van der Waals surface area contributed by atoms with Gasteiger partial charge in [-0.25, -0.2) is 9.97 Å². The Balaban J connectivity index is 2.84. The number of anilines is 1. The highest BCUT2D eigenvalue weighted by molar-refractivity contribution is 6.30. The normalized spacial score (nSPS) is 14.6. The largest absolute Gasteiger partial charge is 0.367 e. The third-order valence-electron chi connectivity index (χ3n) is 3.11. The van der Waals surface area contributed by atoms with Crippen molar-refractivity contribution in [1.29, 1.82) is 0 Å². The van der Waals surface area contributed by atoms with E-state index in [9.17, 15) is 0 Å². The second-order valence-electron chi connectivity index (χ2n) is 4.16. The van der Waals surface area contributed by atoms with Crippen molar-refractivity contribution in [3.05, 3.63) is 17.0 Å². The van der Waals surface area contributed by atoms with E-state index in [2.05, 4.69) is 43.0 Å². The van der Waals surface area contributed by atoms with Gasteiger partial charge in [0, 0.05) is 11.6 Å². The van der Waals surface area contributed by atoms with Crippen molar-refractivity contribution in [1.82, 2.24) is 9.97 Å². The van der Waals surface area contributed by atoms with Crippen LogP contribution in [0.5, 0.6) is 0 Å². The first-order valence-corrected chi connectivity index (χ1v) is 6.23. The third-order valence-corrected chi connectivity index (χ3v) is 3.43. The Bertz CT molecular complexity index is 341.